The SMILES string of the molecule is Cc1cc(CN2CCC3(CCC(=O)N(C[C@H]4CCCO4)C3)CC2)on1. The molecule has 1 aromatic heterocycles. The second-order valence-electron chi connectivity index (χ2n) is 8.12. The normalized spacial score (nSPS) is 27.3. The second kappa shape index (κ2) is 7.08. The standard InChI is InChI=1S/C19H29N3O3/c1-15-11-17(25-20-15)12-21-8-6-19(7-9-21)5-4-18(23)22(14-19)13-16-3-2-10-24-16/h11,16H,2-10,12-14H2,1H3/t16-/m1/s1. The highest BCUT2D eigenvalue weighted by atomic mass is 16.5. The first kappa shape index (κ1) is 17.0. The first-order chi connectivity index (χ1) is 12.1. The molecule has 0 aromatic carbocycles. The first-order valence-electron chi connectivity index (χ1n) is 9.66. The third-order valence-corrected chi connectivity index (χ3v) is 6.17. The molecule has 4 rings (SSSR count). The molecule has 25 heavy (non-hydrogen) atoms. The summed E-state index contributed by atoms with van der Waals surface area (Å²) in [6.45, 7) is 7.51. The molecular formula is C19H29N3O3. The highest BCUT2D eigenvalue weighted by molar-refractivity contribution is 5.77. The molecule has 3 aliphatic heterocycles. The lowest BCUT2D eigenvalue weighted by Gasteiger charge is -2.47. The molecule has 138 valence electrons. The van der Waals surface area contributed by atoms with Crippen molar-refractivity contribution in [2.45, 2.75) is 58.1 Å². The fourth-order valence-electron chi connectivity index (χ4n) is 4.61. The quantitative estimate of drug-likeness (QED) is 0.837. The largest absolute Gasteiger partial charge is 0.376 e. The molecule has 0 aliphatic carbocycles. The zero-order valence-corrected chi connectivity index (χ0v) is 15.2. The Morgan fingerprint density at radius 2 is 2.16 bits per heavy atom. The lowest BCUT2D eigenvalue weighted by Crippen LogP contribution is -2.52. The first-order valence-corrected chi connectivity index (χ1v) is 9.66. The Morgan fingerprint density at radius 3 is 2.84 bits per heavy atom. The minimum absolute atomic E-state index is 0.258. The van der Waals surface area contributed by atoms with Crippen LogP contribution in [0.5, 0.6) is 0 Å². The highest BCUT2D eigenvalue weighted by Gasteiger charge is 2.41. The molecule has 1 aromatic rings. The molecule has 1 amide bonds. The maximum absolute atomic E-state index is 12.4. The van der Waals surface area contributed by atoms with Crippen LogP contribution < -0.4 is 0 Å². The van der Waals surface area contributed by atoms with E-state index in [9.17, 15) is 4.79 Å². The molecule has 3 saturated heterocycles. The van der Waals surface area contributed by atoms with Crippen molar-refractivity contribution >= 4 is 5.91 Å². The zero-order chi connectivity index (χ0) is 17.3. The van der Waals surface area contributed by atoms with Crippen LogP contribution in [0.3, 0.4) is 0 Å². The predicted octanol–water partition coefficient (Wildman–Crippen LogP) is 2.37. The van der Waals surface area contributed by atoms with Crippen LogP contribution in [0.1, 0.15) is 50.0 Å². The van der Waals surface area contributed by atoms with E-state index in [1.165, 1.54) is 0 Å². The highest BCUT2D eigenvalue weighted by Crippen LogP contribution is 2.40. The van der Waals surface area contributed by atoms with Crippen LogP contribution in [0.2, 0.25) is 0 Å². The molecule has 6 heteroatoms. The molecule has 0 unspecified atom stereocenters. The van der Waals surface area contributed by atoms with Gasteiger partial charge in [-0.05, 0) is 57.5 Å². The topological polar surface area (TPSA) is 58.8 Å². The third kappa shape index (κ3) is 3.90. The average Bonchev–Trinajstić information content (AvgIpc) is 3.25. The van der Waals surface area contributed by atoms with Gasteiger partial charge in [-0.2, -0.15) is 0 Å². The molecule has 0 bridgehead atoms. The lowest BCUT2D eigenvalue weighted by atomic mass is 9.72. The van der Waals surface area contributed by atoms with Crippen LogP contribution in [-0.2, 0) is 16.1 Å². The molecule has 3 fully saturated rings. The molecule has 0 N–H and O–H groups in total. The summed E-state index contributed by atoms with van der Waals surface area (Å²) >= 11 is 0. The number of ether oxygens (including phenoxy) is 1. The van der Waals surface area contributed by atoms with Crippen molar-refractivity contribution in [1.29, 1.82) is 0 Å². The number of aromatic nitrogens is 1. The zero-order valence-electron chi connectivity index (χ0n) is 15.2. The fraction of sp³-hybridized carbons (Fsp3) is 0.789. The second-order valence-corrected chi connectivity index (χ2v) is 8.12. The number of piperidine rings is 2. The maximum Gasteiger partial charge on any atom is 0.222 e. The number of amides is 1. The van der Waals surface area contributed by atoms with E-state index in [0.717, 1.165) is 82.9 Å². The van der Waals surface area contributed by atoms with E-state index in [1.807, 2.05) is 13.0 Å². The number of carbonyl (C=O) groups excluding carboxylic acids is 1. The summed E-state index contributed by atoms with van der Waals surface area (Å²) in [5.41, 5.74) is 1.25. The number of aryl methyl sites for hydroxylation is 1. The molecule has 1 atom stereocenters. The summed E-state index contributed by atoms with van der Waals surface area (Å²) in [4.78, 5) is 16.9. The Hall–Kier alpha value is -1.40. The van der Waals surface area contributed by atoms with Crippen molar-refractivity contribution in [3.63, 3.8) is 0 Å². The smallest absolute Gasteiger partial charge is 0.222 e. The van der Waals surface area contributed by atoms with Crippen LogP contribution in [-0.4, -0.2) is 59.8 Å². The molecule has 6 nitrogen and oxygen atoms in total. The Bertz CT molecular complexity index is 601. The van der Waals surface area contributed by atoms with E-state index in [0.29, 0.717) is 17.7 Å². The van der Waals surface area contributed by atoms with Gasteiger partial charge in [0.25, 0.3) is 0 Å². The van der Waals surface area contributed by atoms with Gasteiger partial charge < -0.3 is 14.2 Å². The summed E-state index contributed by atoms with van der Waals surface area (Å²) in [6, 6.07) is 2.02. The van der Waals surface area contributed by atoms with Gasteiger partial charge >= 0.3 is 0 Å². The van der Waals surface area contributed by atoms with Crippen molar-refractivity contribution in [3.8, 4) is 0 Å². The van der Waals surface area contributed by atoms with E-state index in [2.05, 4.69) is 15.0 Å². The van der Waals surface area contributed by atoms with Crippen LogP contribution >= 0.6 is 0 Å². The van der Waals surface area contributed by atoms with Crippen LogP contribution in [0, 0.1) is 12.3 Å². The van der Waals surface area contributed by atoms with Crippen molar-refractivity contribution in [2.24, 2.45) is 5.41 Å². The van der Waals surface area contributed by atoms with Crippen molar-refractivity contribution < 1.29 is 14.1 Å². The molecule has 1 spiro atoms. The van der Waals surface area contributed by atoms with Crippen molar-refractivity contribution in [1.82, 2.24) is 15.0 Å². The maximum atomic E-state index is 12.4. The summed E-state index contributed by atoms with van der Waals surface area (Å²) in [5.74, 6) is 1.27. The molecule has 0 saturated carbocycles. The van der Waals surface area contributed by atoms with Gasteiger partial charge in [0, 0.05) is 32.2 Å². The van der Waals surface area contributed by atoms with Crippen LogP contribution in [0.25, 0.3) is 0 Å². The number of rotatable bonds is 4. The van der Waals surface area contributed by atoms with Gasteiger partial charge in [0.2, 0.25) is 5.91 Å². The number of likely N-dealkylation sites (tertiary alicyclic amines) is 2. The number of nitrogens with zero attached hydrogens (tertiary/aromatic N) is 3. The van der Waals surface area contributed by atoms with E-state index < -0.39 is 0 Å². The van der Waals surface area contributed by atoms with Gasteiger partial charge in [0.05, 0.1) is 18.3 Å². The van der Waals surface area contributed by atoms with Gasteiger partial charge in [0.15, 0.2) is 5.76 Å². The van der Waals surface area contributed by atoms with Gasteiger partial charge in [-0.15, -0.1) is 0 Å². The third-order valence-electron chi connectivity index (χ3n) is 6.17. The van der Waals surface area contributed by atoms with Gasteiger partial charge in [0.1, 0.15) is 0 Å². The lowest BCUT2D eigenvalue weighted by molar-refractivity contribution is -0.141. The Kier molecular flexibility index (Phi) is 4.82. The molecule has 0 radical (unpaired) electrons. The fourth-order valence-corrected chi connectivity index (χ4v) is 4.61. The average molecular weight is 347 g/mol. The number of carbonyl (C=O) groups is 1. The van der Waals surface area contributed by atoms with Gasteiger partial charge in [-0.1, -0.05) is 5.16 Å². The van der Waals surface area contributed by atoms with Crippen molar-refractivity contribution in [2.75, 3.05) is 32.8 Å². The predicted molar refractivity (Wildman–Crippen MR) is 93.0 cm³/mol. The van der Waals surface area contributed by atoms with E-state index in [4.69, 9.17) is 9.26 Å². The molecule has 4 heterocycles. The minimum atomic E-state index is 0.258. The summed E-state index contributed by atoms with van der Waals surface area (Å²) in [5, 5.41) is 3.97. The number of hydrogen-bond acceptors (Lipinski definition) is 5. The Balaban J connectivity index is 1.32. The van der Waals surface area contributed by atoms with Gasteiger partial charge in [-0.25, -0.2) is 0 Å². The van der Waals surface area contributed by atoms with Crippen LogP contribution in [0.15, 0.2) is 10.6 Å². The van der Waals surface area contributed by atoms with E-state index >= 15 is 0 Å². The van der Waals surface area contributed by atoms with Crippen LogP contribution in [0.4, 0.5) is 0 Å². The monoisotopic (exact) mass is 347 g/mol. The number of hydrogen-bond donors (Lipinski definition) is 0. The van der Waals surface area contributed by atoms with Gasteiger partial charge in [-0.3, -0.25) is 9.69 Å². The van der Waals surface area contributed by atoms with E-state index in [1.54, 1.807) is 0 Å². The molecule has 3 aliphatic rings. The Labute approximate surface area is 149 Å². The molecular weight excluding hydrogens is 318 g/mol. The van der Waals surface area contributed by atoms with Crippen molar-refractivity contribution in [3.05, 3.63) is 17.5 Å². The minimum Gasteiger partial charge on any atom is -0.376 e. The summed E-state index contributed by atoms with van der Waals surface area (Å²) < 4.78 is 11.1. The summed E-state index contributed by atoms with van der Waals surface area (Å²) in [7, 11) is 0. The Morgan fingerprint density at radius 1 is 1.32 bits per heavy atom. The van der Waals surface area contributed by atoms with E-state index in [-0.39, 0.29) is 6.10 Å². The summed E-state index contributed by atoms with van der Waals surface area (Å²) in [6.07, 6.45) is 6.56.